The average Bonchev–Trinajstić information content (AvgIpc) is 2.41. The monoisotopic (exact) mass is 337 g/mol. The molecule has 0 fully saturated rings. The van der Waals surface area contributed by atoms with Gasteiger partial charge in [-0.15, -0.1) is 0 Å². The Morgan fingerprint density at radius 3 is 2.20 bits per heavy atom. The highest BCUT2D eigenvalue weighted by molar-refractivity contribution is 9.10. The summed E-state index contributed by atoms with van der Waals surface area (Å²) in [6.07, 6.45) is 0. The van der Waals surface area contributed by atoms with Gasteiger partial charge >= 0.3 is 0 Å². The summed E-state index contributed by atoms with van der Waals surface area (Å²) in [7, 11) is 0. The standard InChI is InChI=1S/C12H8BrN3O4/c13-11-7-10(16(19)20)4-5-12(11)14-8-2-1-3-9(6-8)15(17)18/h1-7,14H. The van der Waals surface area contributed by atoms with Crippen LogP contribution in [0.4, 0.5) is 22.7 Å². The molecule has 0 spiro atoms. The number of nitrogens with zero attached hydrogens (tertiary/aromatic N) is 2. The van der Waals surface area contributed by atoms with Crippen molar-refractivity contribution in [2.24, 2.45) is 0 Å². The molecule has 20 heavy (non-hydrogen) atoms. The van der Waals surface area contributed by atoms with E-state index in [9.17, 15) is 20.2 Å². The van der Waals surface area contributed by atoms with Crippen LogP contribution in [0.3, 0.4) is 0 Å². The average molecular weight is 338 g/mol. The Morgan fingerprint density at radius 2 is 1.60 bits per heavy atom. The number of rotatable bonds is 4. The first-order valence-corrected chi connectivity index (χ1v) is 6.22. The fraction of sp³-hybridized carbons (Fsp3) is 0. The Hall–Kier alpha value is -2.48. The molecule has 0 amide bonds. The van der Waals surface area contributed by atoms with Gasteiger partial charge in [-0.25, -0.2) is 0 Å². The largest absolute Gasteiger partial charge is 0.354 e. The molecule has 8 heteroatoms. The van der Waals surface area contributed by atoms with E-state index in [1.807, 2.05) is 0 Å². The number of nitro groups is 2. The molecule has 1 N–H and O–H groups in total. The van der Waals surface area contributed by atoms with Crippen LogP contribution in [0.2, 0.25) is 0 Å². The van der Waals surface area contributed by atoms with Crippen molar-refractivity contribution >= 4 is 38.7 Å². The lowest BCUT2D eigenvalue weighted by Crippen LogP contribution is -1.95. The molecule has 0 radical (unpaired) electrons. The van der Waals surface area contributed by atoms with Crippen molar-refractivity contribution in [1.29, 1.82) is 0 Å². The quantitative estimate of drug-likeness (QED) is 0.671. The summed E-state index contributed by atoms with van der Waals surface area (Å²) in [6, 6.07) is 10.2. The highest BCUT2D eigenvalue weighted by atomic mass is 79.9. The van der Waals surface area contributed by atoms with Crippen LogP contribution in [0.15, 0.2) is 46.9 Å². The zero-order valence-corrected chi connectivity index (χ0v) is 11.5. The fourth-order valence-electron chi connectivity index (χ4n) is 1.57. The molecule has 2 aromatic rings. The van der Waals surface area contributed by atoms with E-state index >= 15 is 0 Å². The van der Waals surface area contributed by atoms with Crippen LogP contribution in [-0.2, 0) is 0 Å². The number of halogens is 1. The van der Waals surface area contributed by atoms with Gasteiger partial charge in [-0.05, 0) is 28.1 Å². The minimum Gasteiger partial charge on any atom is -0.354 e. The third-order valence-electron chi connectivity index (χ3n) is 2.50. The van der Waals surface area contributed by atoms with Gasteiger partial charge in [-0.2, -0.15) is 0 Å². The number of nitrogens with one attached hydrogen (secondary N) is 1. The second-order valence-corrected chi connectivity index (χ2v) is 4.71. The van der Waals surface area contributed by atoms with Crippen LogP contribution in [0, 0.1) is 20.2 Å². The lowest BCUT2D eigenvalue weighted by atomic mass is 10.2. The summed E-state index contributed by atoms with van der Waals surface area (Å²) < 4.78 is 0.498. The summed E-state index contributed by atoms with van der Waals surface area (Å²) in [5.41, 5.74) is 1.03. The van der Waals surface area contributed by atoms with Gasteiger partial charge in [0.25, 0.3) is 11.4 Å². The fourth-order valence-corrected chi connectivity index (χ4v) is 2.04. The second kappa shape index (κ2) is 5.66. The molecule has 102 valence electrons. The van der Waals surface area contributed by atoms with E-state index in [4.69, 9.17) is 0 Å². The van der Waals surface area contributed by atoms with Gasteiger partial charge in [-0.3, -0.25) is 20.2 Å². The molecule has 0 aliphatic carbocycles. The van der Waals surface area contributed by atoms with Crippen LogP contribution >= 0.6 is 15.9 Å². The summed E-state index contributed by atoms with van der Waals surface area (Å²) in [6.45, 7) is 0. The molecule has 0 bridgehead atoms. The Labute approximate surface area is 121 Å². The predicted molar refractivity (Wildman–Crippen MR) is 77.2 cm³/mol. The van der Waals surface area contributed by atoms with Crippen LogP contribution in [-0.4, -0.2) is 9.85 Å². The van der Waals surface area contributed by atoms with Gasteiger partial charge in [0.2, 0.25) is 0 Å². The zero-order valence-electron chi connectivity index (χ0n) is 9.95. The minimum atomic E-state index is -0.498. The minimum absolute atomic E-state index is 0.0342. The van der Waals surface area contributed by atoms with Crippen LogP contribution in [0.25, 0.3) is 0 Å². The van der Waals surface area contributed by atoms with E-state index in [1.54, 1.807) is 12.1 Å². The van der Waals surface area contributed by atoms with E-state index in [0.29, 0.717) is 15.8 Å². The van der Waals surface area contributed by atoms with Crippen molar-refractivity contribution < 1.29 is 9.85 Å². The molecule has 2 aromatic carbocycles. The van der Waals surface area contributed by atoms with Gasteiger partial charge in [0.1, 0.15) is 0 Å². The third-order valence-corrected chi connectivity index (χ3v) is 3.16. The van der Waals surface area contributed by atoms with Gasteiger partial charge < -0.3 is 5.32 Å². The highest BCUT2D eigenvalue weighted by Gasteiger charge is 2.10. The zero-order chi connectivity index (χ0) is 14.7. The lowest BCUT2D eigenvalue weighted by Gasteiger charge is -2.08. The molecule has 0 aliphatic rings. The van der Waals surface area contributed by atoms with E-state index in [2.05, 4.69) is 21.2 Å². The molecule has 0 heterocycles. The van der Waals surface area contributed by atoms with Crippen LogP contribution in [0.5, 0.6) is 0 Å². The second-order valence-electron chi connectivity index (χ2n) is 3.85. The summed E-state index contributed by atoms with van der Waals surface area (Å²) in [4.78, 5) is 20.3. The SMILES string of the molecule is O=[N+]([O-])c1cccc(Nc2ccc([N+](=O)[O-])cc2Br)c1. The summed E-state index contributed by atoms with van der Waals surface area (Å²) >= 11 is 3.22. The van der Waals surface area contributed by atoms with Crippen molar-refractivity contribution in [3.05, 3.63) is 67.2 Å². The molecule has 2 rings (SSSR count). The summed E-state index contributed by atoms with van der Waals surface area (Å²) in [5, 5.41) is 24.3. The molecule has 0 unspecified atom stereocenters. The highest BCUT2D eigenvalue weighted by Crippen LogP contribution is 2.30. The van der Waals surface area contributed by atoms with E-state index in [0.717, 1.165) is 0 Å². The Kier molecular flexibility index (Phi) is 3.94. The molecular weight excluding hydrogens is 330 g/mol. The molecular formula is C12H8BrN3O4. The van der Waals surface area contributed by atoms with Crippen molar-refractivity contribution in [2.45, 2.75) is 0 Å². The normalized spacial score (nSPS) is 10.1. The third kappa shape index (κ3) is 3.09. The molecule has 7 nitrogen and oxygen atoms in total. The van der Waals surface area contributed by atoms with E-state index in [1.165, 1.54) is 30.3 Å². The topological polar surface area (TPSA) is 98.3 Å². The Morgan fingerprint density at radius 1 is 0.950 bits per heavy atom. The summed E-state index contributed by atoms with van der Waals surface area (Å²) in [5.74, 6) is 0. The molecule has 0 aromatic heterocycles. The molecule has 0 saturated heterocycles. The number of hydrogen-bond donors (Lipinski definition) is 1. The Balaban J connectivity index is 2.28. The number of anilines is 2. The van der Waals surface area contributed by atoms with E-state index in [-0.39, 0.29) is 11.4 Å². The van der Waals surface area contributed by atoms with Gasteiger partial charge in [0.15, 0.2) is 0 Å². The molecule has 0 atom stereocenters. The van der Waals surface area contributed by atoms with Gasteiger partial charge in [-0.1, -0.05) is 6.07 Å². The number of hydrogen-bond acceptors (Lipinski definition) is 5. The maximum Gasteiger partial charge on any atom is 0.271 e. The molecule has 0 saturated carbocycles. The first-order valence-electron chi connectivity index (χ1n) is 5.43. The van der Waals surface area contributed by atoms with Crippen LogP contribution < -0.4 is 5.32 Å². The first-order chi connectivity index (χ1) is 9.47. The maximum atomic E-state index is 10.7. The van der Waals surface area contributed by atoms with Gasteiger partial charge in [0, 0.05) is 34.4 Å². The molecule has 0 aliphatic heterocycles. The number of benzene rings is 2. The number of non-ortho nitro benzene ring substituents is 2. The smallest absolute Gasteiger partial charge is 0.271 e. The van der Waals surface area contributed by atoms with Gasteiger partial charge in [0.05, 0.1) is 15.5 Å². The van der Waals surface area contributed by atoms with Crippen molar-refractivity contribution in [3.63, 3.8) is 0 Å². The van der Waals surface area contributed by atoms with Crippen molar-refractivity contribution in [2.75, 3.05) is 5.32 Å². The van der Waals surface area contributed by atoms with E-state index < -0.39 is 9.85 Å². The van der Waals surface area contributed by atoms with Crippen LogP contribution in [0.1, 0.15) is 0 Å². The number of nitro benzene ring substituents is 2. The predicted octanol–water partition coefficient (Wildman–Crippen LogP) is 4.01. The Bertz CT molecular complexity index is 690. The first kappa shape index (κ1) is 13.9. The maximum absolute atomic E-state index is 10.7. The van der Waals surface area contributed by atoms with Crippen molar-refractivity contribution in [1.82, 2.24) is 0 Å². The lowest BCUT2D eigenvalue weighted by molar-refractivity contribution is -0.385. The van der Waals surface area contributed by atoms with Crippen molar-refractivity contribution in [3.8, 4) is 0 Å².